The molecule has 0 N–H and O–H groups in total. The van der Waals surface area contributed by atoms with Crippen LogP contribution in [0.1, 0.15) is 27.2 Å². The van der Waals surface area contributed by atoms with Crippen LogP contribution in [0.25, 0.3) is 0 Å². The molecule has 1 aliphatic heterocycles. The standard InChI is InChI=1S/C15H27N4/c1-7-8-13(2)9-10-14(3)16-17-15-18(4)11-12-19(15,5)6/h8-12,14-15H,7H2,1-6H3/q+1/b10-9-,13-8-,17-16+. The van der Waals surface area contributed by atoms with Gasteiger partial charge in [-0.3, -0.25) is 4.48 Å². The molecule has 0 aliphatic carbocycles. The van der Waals surface area contributed by atoms with Gasteiger partial charge in [-0.1, -0.05) is 30.7 Å². The summed E-state index contributed by atoms with van der Waals surface area (Å²) in [5.41, 5.74) is 1.28. The molecule has 0 amide bonds. The minimum absolute atomic E-state index is 0.0446. The van der Waals surface area contributed by atoms with Crippen molar-refractivity contribution in [3.8, 4) is 0 Å². The number of hydrogen-bond acceptors (Lipinski definition) is 3. The Morgan fingerprint density at radius 3 is 2.68 bits per heavy atom. The summed E-state index contributed by atoms with van der Waals surface area (Å²) in [5, 5.41) is 8.87. The third-order valence-electron chi connectivity index (χ3n) is 3.16. The van der Waals surface area contributed by atoms with Gasteiger partial charge in [-0.2, -0.15) is 5.11 Å². The monoisotopic (exact) mass is 263 g/mol. The molecule has 0 fully saturated rings. The molecule has 106 valence electrons. The maximum atomic E-state index is 4.47. The smallest absolute Gasteiger partial charge is 0.285 e. The zero-order valence-corrected chi connectivity index (χ0v) is 13.0. The Morgan fingerprint density at radius 1 is 1.47 bits per heavy atom. The fraction of sp³-hybridized carbons (Fsp3) is 0.600. The maximum absolute atomic E-state index is 4.47. The molecule has 4 nitrogen and oxygen atoms in total. The van der Waals surface area contributed by atoms with Crippen molar-refractivity contribution in [1.82, 2.24) is 4.90 Å². The summed E-state index contributed by atoms with van der Waals surface area (Å²) >= 11 is 0. The molecule has 0 radical (unpaired) electrons. The first-order chi connectivity index (χ1) is 8.86. The Labute approximate surface area is 117 Å². The Kier molecular flexibility index (Phi) is 5.48. The molecule has 0 spiro atoms. The molecule has 19 heavy (non-hydrogen) atoms. The zero-order valence-electron chi connectivity index (χ0n) is 13.0. The van der Waals surface area contributed by atoms with Crippen LogP contribution < -0.4 is 0 Å². The van der Waals surface area contributed by atoms with E-state index in [0.717, 1.165) is 6.42 Å². The highest BCUT2D eigenvalue weighted by Gasteiger charge is 2.34. The first kappa shape index (κ1) is 15.6. The summed E-state index contributed by atoms with van der Waals surface area (Å²) in [4.78, 5) is 2.09. The van der Waals surface area contributed by atoms with Gasteiger partial charge in [-0.15, -0.1) is 5.11 Å². The second kappa shape index (κ2) is 6.66. The van der Waals surface area contributed by atoms with Crippen LogP contribution in [-0.4, -0.2) is 42.9 Å². The van der Waals surface area contributed by atoms with Crippen molar-refractivity contribution in [2.24, 2.45) is 10.2 Å². The van der Waals surface area contributed by atoms with Crippen molar-refractivity contribution in [3.63, 3.8) is 0 Å². The highest BCUT2D eigenvalue weighted by molar-refractivity contribution is 5.16. The van der Waals surface area contributed by atoms with Crippen molar-refractivity contribution in [3.05, 3.63) is 36.2 Å². The molecular formula is C15H27N4+. The van der Waals surface area contributed by atoms with Gasteiger partial charge in [0.25, 0.3) is 6.29 Å². The van der Waals surface area contributed by atoms with Crippen LogP contribution in [0.5, 0.6) is 0 Å². The number of hydrogen-bond donors (Lipinski definition) is 0. The minimum atomic E-state index is 0.0446. The molecule has 0 aromatic heterocycles. The van der Waals surface area contributed by atoms with E-state index in [2.05, 4.69) is 80.6 Å². The SMILES string of the molecule is CC/C=C(C)\C=C/C(C)/N=N/C1N(C)C=C[N+]1(C)C. The van der Waals surface area contributed by atoms with Gasteiger partial charge in [-0.05, 0) is 20.3 Å². The number of quaternary nitrogens is 1. The summed E-state index contributed by atoms with van der Waals surface area (Å²) < 4.78 is 0.713. The molecule has 0 saturated carbocycles. The number of allylic oxidation sites excluding steroid dienone is 3. The van der Waals surface area contributed by atoms with E-state index in [-0.39, 0.29) is 12.3 Å². The molecule has 2 unspecified atom stereocenters. The summed E-state index contributed by atoms with van der Waals surface area (Å²) in [6.07, 6.45) is 11.7. The van der Waals surface area contributed by atoms with E-state index in [0.29, 0.717) is 4.48 Å². The van der Waals surface area contributed by atoms with Crippen LogP contribution in [-0.2, 0) is 0 Å². The second-order valence-electron chi connectivity index (χ2n) is 5.63. The van der Waals surface area contributed by atoms with Crippen LogP contribution in [0.2, 0.25) is 0 Å². The molecular weight excluding hydrogens is 236 g/mol. The lowest BCUT2D eigenvalue weighted by Gasteiger charge is -2.28. The van der Waals surface area contributed by atoms with E-state index in [1.165, 1.54) is 5.57 Å². The fourth-order valence-electron chi connectivity index (χ4n) is 2.00. The van der Waals surface area contributed by atoms with Crippen LogP contribution in [0.3, 0.4) is 0 Å². The van der Waals surface area contributed by atoms with E-state index < -0.39 is 0 Å². The first-order valence-electron chi connectivity index (χ1n) is 6.86. The Hall–Kier alpha value is -1.42. The average molecular weight is 263 g/mol. The molecule has 1 heterocycles. The highest BCUT2D eigenvalue weighted by atomic mass is 15.6. The predicted octanol–water partition coefficient (Wildman–Crippen LogP) is 3.52. The van der Waals surface area contributed by atoms with Crippen molar-refractivity contribution in [2.75, 3.05) is 21.1 Å². The van der Waals surface area contributed by atoms with Gasteiger partial charge in [0.15, 0.2) is 0 Å². The molecule has 1 aliphatic rings. The van der Waals surface area contributed by atoms with E-state index in [1.54, 1.807) is 0 Å². The summed E-state index contributed by atoms with van der Waals surface area (Å²) in [6.45, 7) is 6.31. The zero-order chi connectivity index (χ0) is 14.5. The van der Waals surface area contributed by atoms with Gasteiger partial charge < -0.3 is 4.90 Å². The Morgan fingerprint density at radius 2 is 2.16 bits per heavy atom. The van der Waals surface area contributed by atoms with Gasteiger partial charge in [0.1, 0.15) is 6.20 Å². The van der Waals surface area contributed by atoms with Crippen LogP contribution >= 0.6 is 0 Å². The Bertz CT molecular complexity index is 404. The minimum Gasteiger partial charge on any atom is -0.306 e. The fourth-order valence-corrected chi connectivity index (χ4v) is 2.00. The lowest BCUT2D eigenvalue weighted by molar-refractivity contribution is -0.868. The number of rotatable bonds is 5. The molecule has 0 aromatic rings. The van der Waals surface area contributed by atoms with Crippen molar-refractivity contribution in [2.45, 2.75) is 39.5 Å². The van der Waals surface area contributed by atoms with Crippen molar-refractivity contribution in [1.29, 1.82) is 0 Å². The van der Waals surface area contributed by atoms with Gasteiger partial charge in [-0.25, -0.2) is 0 Å². The molecule has 4 heteroatoms. The molecule has 0 aromatic carbocycles. The third kappa shape index (κ3) is 4.63. The third-order valence-corrected chi connectivity index (χ3v) is 3.16. The van der Waals surface area contributed by atoms with Crippen LogP contribution in [0, 0.1) is 0 Å². The maximum Gasteiger partial charge on any atom is 0.285 e. The molecule has 0 saturated heterocycles. The quantitative estimate of drug-likeness (QED) is 0.424. The van der Waals surface area contributed by atoms with Crippen molar-refractivity contribution >= 4 is 0 Å². The second-order valence-corrected chi connectivity index (χ2v) is 5.63. The summed E-state index contributed by atoms with van der Waals surface area (Å²) in [7, 11) is 6.28. The lowest BCUT2D eigenvalue weighted by atomic mass is 10.2. The Balaban J connectivity index is 2.60. The van der Waals surface area contributed by atoms with Crippen LogP contribution in [0.15, 0.2) is 46.4 Å². The molecule has 2 atom stereocenters. The van der Waals surface area contributed by atoms with Gasteiger partial charge in [0.05, 0.1) is 26.3 Å². The van der Waals surface area contributed by atoms with Crippen molar-refractivity contribution < 1.29 is 4.48 Å². The predicted molar refractivity (Wildman–Crippen MR) is 80.3 cm³/mol. The van der Waals surface area contributed by atoms with E-state index in [9.17, 15) is 0 Å². The summed E-state index contributed by atoms with van der Waals surface area (Å²) in [6, 6.07) is 0.106. The van der Waals surface area contributed by atoms with E-state index in [1.807, 2.05) is 7.05 Å². The van der Waals surface area contributed by atoms with Crippen LogP contribution in [0.4, 0.5) is 0 Å². The summed E-state index contributed by atoms with van der Waals surface area (Å²) in [5.74, 6) is 0. The lowest BCUT2D eigenvalue weighted by Crippen LogP contribution is -2.45. The van der Waals surface area contributed by atoms with Gasteiger partial charge in [0.2, 0.25) is 0 Å². The van der Waals surface area contributed by atoms with E-state index in [4.69, 9.17) is 0 Å². The van der Waals surface area contributed by atoms with E-state index >= 15 is 0 Å². The number of nitrogens with zero attached hydrogens (tertiary/aromatic N) is 4. The molecule has 1 rings (SSSR count). The average Bonchev–Trinajstić information content (AvgIpc) is 2.59. The largest absolute Gasteiger partial charge is 0.306 e. The topological polar surface area (TPSA) is 28.0 Å². The number of azo groups is 1. The molecule has 0 bridgehead atoms. The first-order valence-corrected chi connectivity index (χ1v) is 6.86. The van der Waals surface area contributed by atoms with Gasteiger partial charge >= 0.3 is 0 Å². The van der Waals surface area contributed by atoms with Gasteiger partial charge in [0, 0.05) is 7.05 Å². The normalized spacial score (nSPS) is 24.8. The highest BCUT2D eigenvalue weighted by Crippen LogP contribution is 2.20.